The first-order valence-corrected chi connectivity index (χ1v) is 8.69. The van der Waals surface area contributed by atoms with E-state index in [4.69, 9.17) is 4.74 Å². The van der Waals surface area contributed by atoms with Crippen LogP contribution in [0.1, 0.15) is 32.4 Å². The van der Waals surface area contributed by atoms with E-state index < -0.39 is 10.0 Å². The van der Waals surface area contributed by atoms with Crippen molar-refractivity contribution >= 4 is 15.9 Å². The molecule has 1 aromatic rings. The summed E-state index contributed by atoms with van der Waals surface area (Å²) in [4.78, 5) is 11.7. The van der Waals surface area contributed by atoms with Crippen molar-refractivity contribution < 1.29 is 17.9 Å². The summed E-state index contributed by atoms with van der Waals surface area (Å²) >= 11 is 0. The smallest absolute Gasteiger partial charge is 0.246 e. The molecular weight excluding hydrogens is 304 g/mol. The van der Waals surface area contributed by atoms with E-state index in [-0.39, 0.29) is 23.5 Å². The molecule has 1 unspecified atom stereocenters. The Labute approximate surface area is 132 Å². The predicted molar refractivity (Wildman–Crippen MR) is 85.0 cm³/mol. The van der Waals surface area contributed by atoms with Gasteiger partial charge in [-0.05, 0) is 24.6 Å². The van der Waals surface area contributed by atoms with Gasteiger partial charge in [-0.2, -0.15) is 4.31 Å². The van der Waals surface area contributed by atoms with Gasteiger partial charge in [-0.1, -0.05) is 26.0 Å². The van der Waals surface area contributed by atoms with Crippen LogP contribution in [0.3, 0.4) is 0 Å². The van der Waals surface area contributed by atoms with Crippen molar-refractivity contribution in [3.63, 3.8) is 0 Å². The quantitative estimate of drug-likeness (QED) is 0.785. The molecule has 22 heavy (non-hydrogen) atoms. The number of methoxy groups -OCH3 is 1. The van der Waals surface area contributed by atoms with E-state index in [9.17, 15) is 13.2 Å². The van der Waals surface area contributed by atoms with Crippen molar-refractivity contribution in [1.29, 1.82) is 0 Å². The number of benzene rings is 1. The van der Waals surface area contributed by atoms with Gasteiger partial charge in [0.2, 0.25) is 15.9 Å². The van der Waals surface area contributed by atoms with Crippen molar-refractivity contribution in [3.8, 4) is 0 Å². The summed E-state index contributed by atoms with van der Waals surface area (Å²) < 4.78 is 30.9. The second kappa shape index (κ2) is 8.26. The largest absolute Gasteiger partial charge is 0.375 e. The topological polar surface area (TPSA) is 75.7 Å². The van der Waals surface area contributed by atoms with Crippen molar-refractivity contribution in [2.75, 3.05) is 26.8 Å². The Hall–Kier alpha value is -1.44. The van der Waals surface area contributed by atoms with Crippen LogP contribution in [-0.2, 0) is 19.6 Å². The molecule has 1 amide bonds. The highest BCUT2D eigenvalue weighted by Gasteiger charge is 2.21. The Morgan fingerprint density at radius 2 is 1.77 bits per heavy atom. The molecule has 1 N–H and O–H groups in total. The van der Waals surface area contributed by atoms with Crippen LogP contribution >= 0.6 is 0 Å². The van der Waals surface area contributed by atoms with E-state index in [0.29, 0.717) is 13.1 Å². The number of carbonyl (C=O) groups excluding carboxylic acids is 1. The molecule has 0 saturated heterocycles. The standard InChI is InChI=1S/C15H24N2O4S/c1-5-17(6-2)22(19,20)14-9-7-13(8-10-14)12(3)16-15(18)11-21-4/h7-10,12H,5-6,11H2,1-4H3,(H,16,18). The Bertz CT molecular complexity index is 580. The third kappa shape index (κ3) is 4.53. The highest BCUT2D eigenvalue weighted by Crippen LogP contribution is 2.19. The molecular formula is C15H24N2O4S. The lowest BCUT2D eigenvalue weighted by Crippen LogP contribution is -2.31. The van der Waals surface area contributed by atoms with Gasteiger partial charge in [-0.3, -0.25) is 4.79 Å². The molecule has 0 aliphatic heterocycles. The van der Waals surface area contributed by atoms with Crippen LogP contribution in [0.15, 0.2) is 29.2 Å². The summed E-state index contributed by atoms with van der Waals surface area (Å²) in [6.07, 6.45) is 0. The van der Waals surface area contributed by atoms with Gasteiger partial charge in [0.15, 0.2) is 0 Å². The number of nitrogens with one attached hydrogen (secondary N) is 1. The lowest BCUT2D eigenvalue weighted by molar-refractivity contribution is -0.125. The summed E-state index contributed by atoms with van der Waals surface area (Å²) in [5, 5.41) is 2.78. The lowest BCUT2D eigenvalue weighted by atomic mass is 10.1. The second-order valence-corrected chi connectivity index (χ2v) is 6.82. The summed E-state index contributed by atoms with van der Waals surface area (Å²) in [6, 6.07) is 6.36. The number of nitrogens with zero attached hydrogens (tertiary/aromatic N) is 1. The fraction of sp³-hybridized carbons (Fsp3) is 0.533. The summed E-state index contributed by atoms with van der Waals surface area (Å²) in [5.41, 5.74) is 0.836. The monoisotopic (exact) mass is 328 g/mol. The molecule has 1 atom stereocenters. The van der Waals surface area contributed by atoms with Crippen LogP contribution in [0, 0.1) is 0 Å². The number of carbonyl (C=O) groups is 1. The average Bonchev–Trinajstić information content (AvgIpc) is 2.48. The van der Waals surface area contributed by atoms with Gasteiger partial charge < -0.3 is 10.1 Å². The molecule has 1 rings (SSSR count). The Morgan fingerprint density at radius 3 is 2.23 bits per heavy atom. The minimum Gasteiger partial charge on any atom is -0.375 e. The molecule has 0 bridgehead atoms. The van der Waals surface area contributed by atoms with E-state index in [0.717, 1.165) is 5.56 Å². The lowest BCUT2D eigenvalue weighted by Gasteiger charge is -2.19. The van der Waals surface area contributed by atoms with Gasteiger partial charge in [0.1, 0.15) is 6.61 Å². The Kier molecular flexibility index (Phi) is 6.99. The average molecular weight is 328 g/mol. The van der Waals surface area contributed by atoms with Gasteiger partial charge in [0, 0.05) is 20.2 Å². The zero-order valence-electron chi connectivity index (χ0n) is 13.5. The van der Waals surface area contributed by atoms with E-state index in [2.05, 4.69) is 5.32 Å². The van der Waals surface area contributed by atoms with Gasteiger partial charge in [0.05, 0.1) is 10.9 Å². The number of amides is 1. The molecule has 0 spiro atoms. The maximum Gasteiger partial charge on any atom is 0.246 e. The maximum absolute atomic E-state index is 12.4. The van der Waals surface area contributed by atoms with Crippen molar-refractivity contribution in [1.82, 2.24) is 9.62 Å². The highest BCUT2D eigenvalue weighted by atomic mass is 32.2. The van der Waals surface area contributed by atoms with Crippen molar-refractivity contribution in [2.45, 2.75) is 31.7 Å². The van der Waals surface area contributed by atoms with Gasteiger partial charge in [-0.15, -0.1) is 0 Å². The first-order valence-electron chi connectivity index (χ1n) is 7.25. The van der Waals surface area contributed by atoms with Crippen LogP contribution in [-0.4, -0.2) is 45.4 Å². The van der Waals surface area contributed by atoms with Gasteiger partial charge in [-0.25, -0.2) is 8.42 Å². The third-order valence-electron chi connectivity index (χ3n) is 3.38. The Balaban J connectivity index is 2.88. The molecule has 1 aromatic carbocycles. The zero-order valence-corrected chi connectivity index (χ0v) is 14.3. The number of hydrogen-bond acceptors (Lipinski definition) is 4. The predicted octanol–water partition coefficient (Wildman–Crippen LogP) is 1.54. The number of rotatable bonds is 8. The summed E-state index contributed by atoms with van der Waals surface area (Å²) in [5.74, 6) is -0.213. The van der Waals surface area contributed by atoms with Crippen LogP contribution in [0.5, 0.6) is 0 Å². The molecule has 0 heterocycles. The van der Waals surface area contributed by atoms with Crippen molar-refractivity contribution in [2.24, 2.45) is 0 Å². The van der Waals surface area contributed by atoms with E-state index in [1.807, 2.05) is 20.8 Å². The number of ether oxygens (including phenoxy) is 1. The van der Waals surface area contributed by atoms with Crippen molar-refractivity contribution in [3.05, 3.63) is 29.8 Å². The molecule has 0 saturated carbocycles. The van der Waals surface area contributed by atoms with Crippen LogP contribution in [0.4, 0.5) is 0 Å². The third-order valence-corrected chi connectivity index (χ3v) is 5.44. The first kappa shape index (κ1) is 18.6. The van der Waals surface area contributed by atoms with E-state index in [1.165, 1.54) is 11.4 Å². The molecule has 124 valence electrons. The van der Waals surface area contributed by atoms with E-state index >= 15 is 0 Å². The second-order valence-electron chi connectivity index (χ2n) is 4.88. The molecule has 0 aromatic heterocycles. The molecule has 0 radical (unpaired) electrons. The van der Waals surface area contributed by atoms with Crippen LogP contribution in [0.25, 0.3) is 0 Å². The number of hydrogen-bond donors (Lipinski definition) is 1. The minimum atomic E-state index is -3.45. The van der Waals surface area contributed by atoms with E-state index in [1.54, 1.807) is 24.3 Å². The van der Waals surface area contributed by atoms with Gasteiger partial charge in [0.25, 0.3) is 0 Å². The summed E-state index contributed by atoms with van der Waals surface area (Å²) in [6.45, 7) is 6.32. The normalized spacial score (nSPS) is 13.1. The fourth-order valence-corrected chi connectivity index (χ4v) is 3.60. The molecule has 0 fully saturated rings. The number of sulfonamides is 1. The van der Waals surface area contributed by atoms with Gasteiger partial charge >= 0.3 is 0 Å². The highest BCUT2D eigenvalue weighted by molar-refractivity contribution is 7.89. The minimum absolute atomic E-state index is 0.00123. The molecule has 7 heteroatoms. The first-order chi connectivity index (χ1) is 10.4. The van der Waals surface area contributed by atoms with Crippen LogP contribution in [0.2, 0.25) is 0 Å². The Morgan fingerprint density at radius 1 is 1.23 bits per heavy atom. The summed E-state index contributed by atoms with van der Waals surface area (Å²) in [7, 11) is -1.99. The zero-order chi connectivity index (χ0) is 16.8. The van der Waals surface area contributed by atoms with Crippen LogP contribution < -0.4 is 5.32 Å². The maximum atomic E-state index is 12.4. The molecule has 6 nitrogen and oxygen atoms in total. The fourth-order valence-electron chi connectivity index (χ4n) is 2.14. The SMILES string of the molecule is CCN(CC)S(=O)(=O)c1ccc(C(C)NC(=O)COC)cc1. The molecule has 0 aliphatic rings. The molecule has 0 aliphatic carbocycles.